The fourth-order valence-electron chi connectivity index (χ4n) is 3.06. The van der Waals surface area contributed by atoms with Crippen LogP contribution in [0.25, 0.3) is 21.0 Å². The molecule has 11 heteroatoms. The van der Waals surface area contributed by atoms with Gasteiger partial charge in [0.25, 0.3) is 0 Å². The van der Waals surface area contributed by atoms with Crippen molar-refractivity contribution in [2.75, 3.05) is 23.1 Å². The molecule has 1 aromatic heterocycles. The van der Waals surface area contributed by atoms with Gasteiger partial charge in [0, 0.05) is 45.0 Å². The molecule has 0 fully saturated rings. The predicted molar refractivity (Wildman–Crippen MR) is 157 cm³/mol. The van der Waals surface area contributed by atoms with E-state index < -0.39 is 12.2 Å². The van der Waals surface area contributed by atoms with Gasteiger partial charge >= 0.3 is 12.2 Å². The summed E-state index contributed by atoms with van der Waals surface area (Å²) in [6.07, 6.45) is 1.25. The van der Waals surface area contributed by atoms with E-state index in [0.717, 1.165) is 25.9 Å². The summed E-state index contributed by atoms with van der Waals surface area (Å²) in [5.74, 6) is 0.437. The summed E-state index contributed by atoms with van der Waals surface area (Å²) in [4.78, 5) is 30.5. The number of carbonyl (C=O) groups is 2. The normalized spacial score (nSPS) is 11.3. The van der Waals surface area contributed by atoms with Crippen LogP contribution in [-0.4, -0.2) is 41.3 Å². The number of amides is 2. The topological polar surface area (TPSA) is 102 Å². The third-order valence-electron chi connectivity index (χ3n) is 4.70. The van der Waals surface area contributed by atoms with Crippen LogP contribution < -0.4 is 15.4 Å². The number of benzene rings is 2. The zero-order valence-electron chi connectivity index (χ0n) is 22.1. The minimum absolute atomic E-state index is 0.123. The van der Waals surface area contributed by atoms with E-state index in [4.69, 9.17) is 21.1 Å². The van der Waals surface area contributed by atoms with E-state index in [1.54, 1.807) is 25.2 Å². The minimum Gasteiger partial charge on any atom is -0.449 e. The van der Waals surface area contributed by atoms with E-state index in [9.17, 15) is 9.59 Å². The molecule has 0 saturated carbocycles. The summed E-state index contributed by atoms with van der Waals surface area (Å²) in [7, 11) is 0. The largest absolute Gasteiger partial charge is 0.449 e. The lowest BCUT2D eigenvalue weighted by Crippen LogP contribution is -2.29. The van der Waals surface area contributed by atoms with E-state index in [1.807, 2.05) is 48.7 Å². The maximum absolute atomic E-state index is 12.1. The summed E-state index contributed by atoms with van der Waals surface area (Å²) in [5.41, 5.74) is 3.08. The SMILES string of the molecule is CC(C)OC(=O)Nc1ccc(-c2ncc(-c3ccc(NC(=O)OCCCCl)cc3SNC(C)(C)C)s2)cc1. The number of aromatic nitrogens is 1. The predicted octanol–water partition coefficient (Wildman–Crippen LogP) is 8.01. The fourth-order valence-corrected chi connectivity index (χ4v) is 5.08. The Morgan fingerprint density at radius 2 is 1.74 bits per heavy atom. The first-order valence-electron chi connectivity index (χ1n) is 12.2. The third-order valence-corrected chi connectivity index (χ3v) is 7.32. The van der Waals surface area contributed by atoms with Crippen molar-refractivity contribution in [3.63, 3.8) is 0 Å². The van der Waals surface area contributed by atoms with Crippen LogP contribution >= 0.6 is 34.9 Å². The van der Waals surface area contributed by atoms with Gasteiger partial charge in [0.1, 0.15) is 5.01 Å². The Balaban J connectivity index is 1.79. The lowest BCUT2D eigenvalue weighted by Gasteiger charge is -2.21. The second kappa shape index (κ2) is 13.8. The van der Waals surface area contributed by atoms with Crippen molar-refractivity contribution in [2.45, 2.75) is 57.6 Å². The first-order valence-corrected chi connectivity index (χ1v) is 14.3. The maximum Gasteiger partial charge on any atom is 0.411 e. The average molecular weight is 577 g/mol. The molecule has 8 nitrogen and oxygen atoms in total. The molecule has 0 bridgehead atoms. The van der Waals surface area contributed by atoms with Crippen LogP contribution in [0.2, 0.25) is 0 Å². The van der Waals surface area contributed by atoms with Crippen LogP contribution in [-0.2, 0) is 9.47 Å². The monoisotopic (exact) mass is 576 g/mol. The molecule has 1 heterocycles. The van der Waals surface area contributed by atoms with E-state index in [1.165, 1.54) is 11.9 Å². The number of alkyl halides is 1. The summed E-state index contributed by atoms with van der Waals surface area (Å²) in [6, 6.07) is 13.2. The van der Waals surface area contributed by atoms with Crippen LogP contribution in [0.3, 0.4) is 0 Å². The standard InChI is InChI=1S/C27H33ClN4O4S2/c1-17(2)36-26(34)30-19-9-7-18(8-10-19)24-29-16-23(37-24)21-12-11-20(31-25(33)35-14-6-13-28)15-22(21)38-32-27(3,4)5/h7-12,15-17,32H,6,13-14H2,1-5H3,(H,30,34)(H,31,33). The number of nitrogens with one attached hydrogen (secondary N) is 3. The second-order valence-electron chi connectivity index (χ2n) is 9.65. The lowest BCUT2D eigenvalue weighted by molar-refractivity contribution is 0.130. The molecule has 38 heavy (non-hydrogen) atoms. The van der Waals surface area contributed by atoms with Gasteiger partial charge in [-0.15, -0.1) is 22.9 Å². The Morgan fingerprint density at radius 1 is 1.05 bits per heavy atom. The maximum atomic E-state index is 12.1. The zero-order chi connectivity index (χ0) is 27.7. The van der Waals surface area contributed by atoms with Gasteiger partial charge in [-0.25, -0.2) is 14.6 Å². The van der Waals surface area contributed by atoms with Crippen molar-refractivity contribution >= 4 is 58.4 Å². The highest BCUT2D eigenvalue weighted by atomic mass is 35.5. The molecular weight excluding hydrogens is 544 g/mol. The van der Waals surface area contributed by atoms with Crippen molar-refractivity contribution in [2.24, 2.45) is 0 Å². The molecule has 0 radical (unpaired) electrons. The molecule has 0 saturated heterocycles. The molecule has 0 aliphatic heterocycles. The number of anilines is 2. The third kappa shape index (κ3) is 9.50. The van der Waals surface area contributed by atoms with Gasteiger partial charge in [0.15, 0.2) is 0 Å². The number of hydrogen-bond donors (Lipinski definition) is 3. The number of thiazole rings is 1. The summed E-state index contributed by atoms with van der Waals surface area (Å²) >= 11 is 8.70. The Kier molecular flexibility index (Phi) is 10.8. The van der Waals surface area contributed by atoms with Crippen LogP contribution in [0.15, 0.2) is 53.6 Å². The molecule has 2 amide bonds. The lowest BCUT2D eigenvalue weighted by atomic mass is 10.1. The highest BCUT2D eigenvalue weighted by Gasteiger charge is 2.16. The minimum atomic E-state index is -0.516. The van der Waals surface area contributed by atoms with Gasteiger partial charge in [-0.2, -0.15) is 0 Å². The summed E-state index contributed by atoms with van der Waals surface area (Å²) < 4.78 is 13.7. The first-order chi connectivity index (χ1) is 18.0. The molecule has 204 valence electrons. The second-order valence-corrected chi connectivity index (χ2v) is 11.9. The van der Waals surface area contributed by atoms with Gasteiger partial charge in [0.2, 0.25) is 0 Å². The first kappa shape index (κ1) is 29.8. The van der Waals surface area contributed by atoms with Crippen molar-refractivity contribution in [3.8, 4) is 21.0 Å². The number of rotatable bonds is 10. The highest BCUT2D eigenvalue weighted by Crippen LogP contribution is 2.38. The van der Waals surface area contributed by atoms with E-state index in [0.29, 0.717) is 23.7 Å². The molecule has 0 spiro atoms. The molecule has 2 aromatic carbocycles. The van der Waals surface area contributed by atoms with E-state index in [2.05, 4.69) is 41.1 Å². The number of halogens is 1. The van der Waals surface area contributed by atoms with Crippen LogP contribution in [0.1, 0.15) is 41.0 Å². The molecular formula is C27H33ClN4O4S2. The quantitative estimate of drug-likeness (QED) is 0.128. The van der Waals surface area contributed by atoms with Crippen LogP contribution in [0, 0.1) is 0 Å². The van der Waals surface area contributed by atoms with Crippen molar-refractivity contribution in [1.29, 1.82) is 0 Å². The number of nitrogens with zero attached hydrogens (tertiary/aromatic N) is 1. The highest BCUT2D eigenvalue weighted by molar-refractivity contribution is 7.97. The van der Waals surface area contributed by atoms with Gasteiger partial charge in [-0.05, 0) is 89.4 Å². The smallest absolute Gasteiger partial charge is 0.411 e. The molecule has 3 rings (SSSR count). The molecule has 0 aliphatic carbocycles. The Hall–Kier alpha value is -2.79. The molecule has 0 aliphatic rings. The zero-order valence-corrected chi connectivity index (χ0v) is 24.5. The molecule has 3 N–H and O–H groups in total. The van der Waals surface area contributed by atoms with Crippen molar-refractivity contribution in [1.82, 2.24) is 9.71 Å². The fraction of sp³-hybridized carbons (Fsp3) is 0.370. The summed E-state index contributed by atoms with van der Waals surface area (Å²) in [5, 5.41) is 6.35. The van der Waals surface area contributed by atoms with E-state index in [-0.39, 0.29) is 18.2 Å². The molecule has 0 atom stereocenters. The Bertz CT molecular complexity index is 1230. The molecule has 3 aromatic rings. The van der Waals surface area contributed by atoms with Gasteiger partial charge in [-0.3, -0.25) is 15.4 Å². The van der Waals surface area contributed by atoms with Gasteiger partial charge in [-0.1, -0.05) is 6.07 Å². The number of carbonyl (C=O) groups excluding carboxylic acids is 2. The average Bonchev–Trinajstić information content (AvgIpc) is 3.32. The van der Waals surface area contributed by atoms with Crippen molar-refractivity contribution < 1.29 is 19.1 Å². The summed E-state index contributed by atoms with van der Waals surface area (Å²) in [6.45, 7) is 10.1. The van der Waals surface area contributed by atoms with Crippen LogP contribution in [0.5, 0.6) is 0 Å². The number of ether oxygens (including phenoxy) is 2. The van der Waals surface area contributed by atoms with E-state index >= 15 is 0 Å². The van der Waals surface area contributed by atoms with Crippen LogP contribution in [0.4, 0.5) is 21.0 Å². The number of hydrogen-bond acceptors (Lipinski definition) is 8. The molecule has 0 unspecified atom stereocenters. The van der Waals surface area contributed by atoms with Gasteiger partial charge in [0.05, 0.1) is 17.6 Å². The van der Waals surface area contributed by atoms with Gasteiger partial charge < -0.3 is 9.47 Å². The van der Waals surface area contributed by atoms with Crippen molar-refractivity contribution in [3.05, 3.63) is 48.7 Å². The Labute approximate surface area is 237 Å². The Morgan fingerprint density at radius 3 is 2.39 bits per heavy atom.